The Bertz CT molecular complexity index is 636. The highest BCUT2D eigenvalue weighted by Crippen LogP contribution is 2.35. The van der Waals surface area contributed by atoms with Crippen molar-refractivity contribution in [3.63, 3.8) is 0 Å². The molecule has 2 N–H and O–H groups in total. The first-order valence-electron chi connectivity index (χ1n) is 5.81. The SMILES string of the molecule is COc1ccc(/C=N/Nc2nc(C)c(C)s2)c(Br)c1O. The zero-order chi connectivity index (χ0) is 14.7. The Morgan fingerprint density at radius 1 is 1.45 bits per heavy atom. The molecule has 0 saturated heterocycles. The molecule has 0 bridgehead atoms. The van der Waals surface area contributed by atoms with Crippen molar-refractivity contribution in [1.82, 2.24) is 4.98 Å². The number of ether oxygens (including phenoxy) is 1. The first kappa shape index (κ1) is 14.8. The highest BCUT2D eigenvalue weighted by molar-refractivity contribution is 9.10. The van der Waals surface area contributed by atoms with Crippen molar-refractivity contribution < 1.29 is 9.84 Å². The van der Waals surface area contributed by atoms with Crippen LogP contribution in [0.1, 0.15) is 16.1 Å². The number of thiazole rings is 1. The van der Waals surface area contributed by atoms with Crippen LogP contribution in [0.5, 0.6) is 11.5 Å². The van der Waals surface area contributed by atoms with E-state index in [9.17, 15) is 5.11 Å². The van der Waals surface area contributed by atoms with Gasteiger partial charge in [-0.05, 0) is 41.9 Å². The summed E-state index contributed by atoms with van der Waals surface area (Å²) in [5.74, 6) is 0.463. The molecule has 0 unspecified atom stereocenters. The van der Waals surface area contributed by atoms with Crippen LogP contribution in [0.15, 0.2) is 21.7 Å². The molecule has 20 heavy (non-hydrogen) atoms. The van der Waals surface area contributed by atoms with Crippen molar-refractivity contribution in [2.24, 2.45) is 5.10 Å². The number of anilines is 1. The van der Waals surface area contributed by atoms with Gasteiger partial charge in [0.15, 0.2) is 11.5 Å². The normalized spacial score (nSPS) is 11.0. The Morgan fingerprint density at radius 2 is 2.20 bits per heavy atom. The molecule has 0 amide bonds. The lowest BCUT2D eigenvalue weighted by Crippen LogP contribution is -1.92. The van der Waals surface area contributed by atoms with E-state index in [-0.39, 0.29) is 5.75 Å². The Balaban J connectivity index is 2.14. The fraction of sp³-hybridized carbons (Fsp3) is 0.231. The van der Waals surface area contributed by atoms with Crippen LogP contribution in [-0.2, 0) is 0 Å². The fourth-order valence-corrected chi connectivity index (χ4v) is 2.70. The standard InChI is InChI=1S/C13H14BrN3O2S/c1-7-8(2)20-13(16-7)17-15-6-9-4-5-10(19-3)12(18)11(9)14/h4-6,18H,1-3H3,(H,16,17)/b15-6+. The molecular weight excluding hydrogens is 342 g/mol. The van der Waals surface area contributed by atoms with E-state index in [2.05, 4.69) is 31.4 Å². The number of nitrogens with one attached hydrogen (secondary N) is 1. The number of hydrogen-bond donors (Lipinski definition) is 2. The second-order valence-electron chi connectivity index (χ2n) is 4.05. The van der Waals surface area contributed by atoms with Gasteiger partial charge in [-0.15, -0.1) is 11.3 Å². The van der Waals surface area contributed by atoms with E-state index in [1.165, 1.54) is 7.11 Å². The number of aromatic nitrogens is 1. The second kappa shape index (κ2) is 6.23. The number of aryl methyl sites for hydroxylation is 2. The average molecular weight is 356 g/mol. The molecule has 1 aromatic carbocycles. The van der Waals surface area contributed by atoms with E-state index in [0.717, 1.165) is 21.3 Å². The van der Waals surface area contributed by atoms with Crippen LogP contribution in [0.25, 0.3) is 0 Å². The number of phenols is 1. The molecule has 0 spiro atoms. The van der Waals surface area contributed by atoms with E-state index >= 15 is 0 Å². The van der Waals surface area contributed by atoms with Crippen molar-refractivity contribution >= 4 is 38.6 Å². The van der Waals surface area contributed by atoms with Gasteiger partial charge in [0.25, 0.3) is 0 Å². The number of hydrazone groups is 1. The third-order valence-electron chi connectivity index (χ3n) is 2.72. The largest absolute Gasteiger partial charge is 0.503 e. The summed E-state index contributed by atoms with van der Waals surface area (Å²) in [7, 11) is 1.50. The molecule has 1 aromatic heterocycles. The van der Waals surface area contributed by atoms with Gasteiger partial charge in [-0.2, -0.15) is 5.10 Å². The summed E-state index contributed by atoms with van der Waals surface area (Å²) in [5, 5.41) is 14.7. The molecule has 0 aliphatic carbocycles. The molecule has 106 valence electrons. The average Bonchev–Trinajstić information content (AvgIpc) is 2.74. The molecule has 2 aromatic rings. The zero-order valence-electron chi connectivity index (χ0n) is 11.3. The Morgan fingerprint density at radius 3 is 2.80 bits per heavy atom. The minimum atomic E-state index is 0.0531. The molecule has 0 atom stereocenters. The minimum absolute atomic E-state index is 0.0531. The molecule has 0 aliphatic heterocycles. The lowest BCUT2D eigenvalue weighted by Gasteiger charge is -2.06. The molecule has 2 rings (SSSR count). The highest BCUT2D eigenvalue weighted by Gasteiger charge is 2.09. The molecular formula is C13H14BrN3O2S. The van der Waals surface area contributed by atoms with Gasteiger partial charge in [-0.25, -0.2) is 4.98 Å². The van der Waals surface area contributed by atoms with Crippen LogP contribution >= 0.6 is 27.3 Å². The number of rotatable bonds is 4. The summed E-state index contributed by atoms with van der Waals surface area (Å²) >= 11 is 4.86. The van der Waals surface area contributed by atoms with Gasteiger partial charge in [0.2, 0.25) is 5.13 Å². The van der Waals surface area contributed by atoms with Crippen LogP contribution in [-0.4, -0.2) is 23.4 Å². The van der Waals surface area contributed by atoms with E-state index in [4.69, 9.17) is 4.74 Å². The monoisotopic (exact) mass is 355 g/mol. The molecule has 0 fully saturated rings. The summed E-state index contributed by atoms with van der Waals surface area (Å²) in [6, 6.07) is 3.48. The lowest BCUT2D eigenvalue weighted by atomic mass is 10.2. The van der Waals surface area contributed by atoms with Gasteiger partial charge in [-0.3, -0.25) is 5.43 Å². The fourth-order valence-electron chi connectivity index (χ4n) is 1.50. The summed E-state index contributed by atoms with van der Waals surface area (Å²) < 4.78 is 5.56. The number of aromatic hydroxyl groups is 1. The molecule has 0 saturated carbocycles. The van der Waals surface area contributed by atoms with Crippen molar-refractivity contribution in [2.45, 2.75) is 13.8 Å². The van der Waals surface area contributed by atoms with E-state index in [0.29, 0.717) is 10.2 Å². The number of benzene rings is 1. The maximum absolute atomic E-state index is 9.87. The van der Waals surface area contributed by atoms with E-state index < -0.39 is 0 Å². The predicted octanol–water partition coefficient (Wildman–Crippen LogP) is 3.68. The van der Waals surface area contributed by atoms with Gasteiger partial charge < -0.3 is 9.84 Å². The third kappa shape index (κ3) is 3.10. The van der Waals surface area contributed by atoms with Crippen LogP contribution in [0.4, 0.5) is 5.13 Å². The first-order chi connectivity index (χ1) is 9.52. The number of methoxy groups -OCH3 is 1. The summed E-state index contributed by atoms with van der Waals surface area (Å²) in [6.07, 6.45) is 1.61. The van der Waals surface area contributed by atoms with Crippen molar-refractivity contribution in [2.75, 3.05) is 12.5 Å². The maximum atomic E-state index is 9.87. The van der Waals surface area contributed by atoms with Gasteiger partial charge in [0, 0.05) is 10.4 Å². The highest BCUT2D eigenvalue weighted by atomic mass is 79.9. The topological polar surface area (TPSA) is 66.7 Å². The van der Waals surface area contributed by atoms with E-state index in [1.807, 2.05) is 13.8 Å². The number of nitrogens with zero attached hydrogens (tertiary/aromatic N) is 2. The van der Waals surface area contributed by atoms with Crippen molar-refractivity contribution in [1.29, 1.82) is 0 Å². The summed E-state index contributed by atoms with van der Waals surface area (Å²) in [4.78, 5) is 5.48. The quantitative estimate of drug-likeness (QED) is 0.648. The van der Waals surface area contributed by atoms with Crippen LogP contribution in [0.3, 0.4) is 0 Å². The van der Waals surface area contributed by atoms with E-state index in [1.54, 1.807) is 29.7 Å². The molecule has 0 aliphatic rings. The zero-order valence-corrected chi connectivity index (χ0v) is 13.7. The minimum Gasteiger partial charge on any atom is -0.503 e. The van der Waals surface area contributed by atoms with Crippen LogP contribution < -0.4 is 10.2 Å². The Labute approximate surface area is 129 Å². The molecule has 1 heterocycles. The summed E-state index contributed by atoms with van der Waals surface area (Å²) in [5.41, 5.74) is 4.61. The molecule has 0 radical (unpaired) electrons. The summed E-state index contributed by atoms with van der Waals surface area (Å²) in [6.45, 7) is 3.97. The Hall–Kier alpha value is -1.60. The van der Waals surface area contributed by atoms with Gasteiger partial charge in [-0.1, -0.05) is 0 Å². The predicted molar refractivity (Wildman–Crippen MR) is 85.2 cm³/mol. The van der Waals surface area contributed by atoms with Gasteiger partial charge in [0.1, 0.15) is 0 Å². The lowest BCUT2D eigenvalue weighted by molar-refractivity contribution is 0.372. The third-order valence-corrected chi connectivity index (χ3v) is 4.53. The van der Waals surface area contributed by atoms with Crippen molar-refractivity contribution in [3.05, 3.63) is 32.7 Å². The second-order valence-corrected chi connectivity index (χ2v) is 6.05. The van der Waals surface area contributed by atoms with Gasteiger partial charge in [0.05, 0.1) is 23.5 Å². The van der Waals surface area contributed by atoms with Crippen LogP contribution in [0, 0.1) is 13.8 Å². The Kier molecular flexibility index (Phi) is 4.61. The molecule has 7 heteroatoms. The maximum Gasteiger partial charge on any atom is 0.203 e. The number of hydrogen-bond acceptors (Lipinski definition) is 6. The smallest absolute Gasteiger partial charge is 0.203 e. The molecule has 5 nitrogen and oxygen atoms in total. The van der Waals surface area contributed by atoms with Crippen LogP contribution in [0.2, 0.25) is 0 Å². The first-order valence-corrected chi connectivity index (χ1v) is 7.42. The number of phenolic OH excluding ortho intramolecular Hbond substituents is 1. The van der Waals surface area contributed by atoms with Crippen molar-refractivity contribution in [3.8, 4) is 11.5 Å². The van der Waals surface area contributed by atoms with Gasteiger partial charge >= 0.3 is 0 Å². The number of halogens is 1.